The number of likely N-dealkylation sites (tertiary alicyclic amines) is 1. The lowest BCUT2D eigenvalue weighted by Crippen LogP contribution is -2.58. The fourth-order valence-electron chi connectivity index (χ4n) is 3.99. The van der Waals surface area contributed by atoms with Crippen LogP contribution in [0, 0.1) is 0 Å². The maximum absolute atomic E-state index is 13.3. The fraction of sp³-hybridized carbons (Fsp3) is 0.435. The molecule has 0 radical (unpaired) electrons. The lowest BCUT2D eigenvalue weighted by atomic mass is 9.94. The average Bonchev–Trinajstić information content (AvgIpc) is 2.82. The van der Waals surface area contributed by atoms with E-state index in [1.807, 2.05) is 30.3 Å². The molecule has 1 fully saturated rings. The van der Waals surface area contributed by atoms with Crippen molar-refractivity contribution in [3.8, 4) is 11.5 Å². The third-order valence-electron chi connectivity index (χ3n) is 5.92. The predicted octanol–water partition coefficient (Wildman–Crippen LogP) is 2.42. The number of hydrogen-bond donors (Lipinski definition) is 2. The number of sulfone groups is 1. The average molecular weight is 463 g/mol. The molecule has 32 heavy (non-hydrogen) atoms. The Balaban J connectivity index is 1.59. The van der Waals surface area contributed by atoms with Crippen LogP contribution in [0.1, 0.15) is 24.8 Å². The first-order chi connectivity index (χ1) is 15.4. The maximum atomic E-state index is 13.3. The number of hydrogen-bond acceptors (Lipinski definition) is 7. The number of nitrogens with one attached hydrogen (secondary N) is 1. The second kappa shape index (κ2) is 10.8. The van der Waals surface area contributed by atoms with Crippen LogP contribution in [-0.2, 0) is 20.4 Å². The van der Waals surface area contributed by atoms with Crippen LogP contribution in [-0.4, -0.2) is 62.5 Å². The number of rotatable bonds is 10. The van der Waals surface area contributed by atoms with E-state index in [2.05, 4.69) is 4.90 Å². The summed E-state index contributed by atoms with van der Waals surface area (Å²) in [5, 5.41) is 9.29. The van der Waals surface area contributed by atoms with Crippen molar-refractivity contribution in [2.75, 3.05) is 33.4 Å². The van der Waals surface area contributed by atoms with Crippen molar-refractivity contribution in [1.82, 2.24) is 10.4 Å². The highest BCUT2D eigenvalue weighted by atomic mass is 32.2. The quantitative estimate of drug-likeness (QED) is 0.317. The Labute approximate surface area is 189 Å². The molecule has 1 saturated heterocycles. The third-order valence-corrected chi connectivity index (χ3v) is 8.42. The van der Waals surface area contributed by atoms with E-state index in [4.69, 9.17) is 9.47 Å². The molecule has 3 rings (SSSR count). The molecule has 0 unspecified atom stereocenters. The van der Waals surface area contributed by atoms with E-state index in [0.717, 1.165) is 18.7 Å². The topological polar surface area (TPSA) is 105 Å². The smallest absolute Gasteiger partial charge is 0.264 e. The zero-order chi connectivity index (χ0) is 23.0. The van der Waals surface area contributed by atoms with Crippen LogP contribution in [0.3, 0.4) is 0 Å². The van der Waals surface area contributed by atoms with Crippen molar-refractivity contribution in [3.05, 3.63) is 60.2 Å². The summed E-state index contributed by atoms with van der Waals surface area (Å²) in [4.78, 5) is 14.7. The van der Waals surface area contributed by atoms with E-state index in [0.29, 0.717) is 31.0 Å². The molecule has 0 bridgehead atoms. The molecule has 0 spiro atoms. The van der Waals surface area contributed by atoms with Crippen molar-refractivity contribution in [1.29, 1.82) is 0 Å². The largest absolute Gasteiger partial charge is 0.497 e. The summed E-state index contributed by atoms with van der Waals surface area (Å²) in [6.07, 6.45) is 1.03. The summed E-state index contributed by atoms with van der Waals surface area (Å²) in [6.45, 7) is 2.18. The minimum atomic E-state index is -3.88. The number of para-hydroxylation sites is 1. The second-order valence-corrected chi connectivity index (χ2v) is 10.2. The van der Waals surface area contributed by atoms with Gasteiger partial charge in [-0.2, -0.15) is 0 Å². The summed E-state index contributed by atoms with van der Waals surface area (Å²) in [5.41, 5.74) is 2.16. The molecular formula is C23H30N2O6S. The third kappa shape index (κ3) is 5.59. The van der Waals surface area contributed by atoms with Crippen molar-refractivity contribution in [3.63, 3.8) is 0 Å². The Morgan fingerprint density at radius 2 is 1.72 bits per heavy atom. The zero-order valence-electron chi connectivity index (χ0n) is 18.2. The van der Waals surface area contributed by atoms with Gasteiger partial charge in [-0.25, -0.2) is 13.9 Å². The number of carbonyl (C=O) groups excluding carboxylic acids is 1. The molecule has 0 saturated carbocycles. The van der Waals surface area contributed by atoms with Crippen LogP contribution in [0.25, 0.3) is 0 Å². The molecule has 2 N–H and O–H groups in total. The number of methoxy groups -OCH3 is 1. The first-order valence-electron chi connectivity index (χ1n) is 10.6. The Hall–Kier alpha value is -2.62. The van der Waals surface area contributed by atoms with Gasteiger partial charge in [-0.1, -0.05) is 30.3 Å². The number of ether oxygens (including phenoxy) is 2. The van der Waals surface area contributed by atoms with Gasteiger partial charge in [0.1, 0.15) is 11.5 Å². The Bertz CT molecular complexity index is 971. The number of amides is 1. The van der Waals surface area contributed by atoms with E-state index < -0.39 is 20.5 Å². The number of carbonyl (C=O) groups is 1. The minimum Gasteiger partial charge on any atom is -0.497 e. The van der Waals surface area contributed by atoms with E-state index in [1.165, 1.54) is 7.11 Å². The highest BCUT2D eigenvalue weighted by Crippen LogP contribution is 2.34. The summed E-state index contributed by atoms with van der Waals surface area (Å²) >= 11 is 0. The van der Waals surface area contributed by atoms with Gasteiger partial charge < -0.3 is 14.4 Å². The minimum absolute atomic E-state index is 0.122. The Morgan fingerprint density at radius 3 is 2.31 bits per heavy atom. The lowest BCUT2D eigenvalue weighted by molar-refractivity contribution is -0.133. The monoisotopic (exact) mass is 462 g/mol. The molecule has 1 amide bonds. The molecule has 2 aromatic rings. The van der Waals surface area contributed by atoms with Gasteiger partial charge >= 0.3 is 0 Å². The van der Waals surface area contributed by atoms with Gasteiger partial charge in [-0.05, 0) is 49.1 Å². The SMILES string of the molecule is COc1ccc(CS(=O)(=O)C2(C(=O)NO)CCN(CCCOc3ccccc3)CC2)cc1. The lowest BCUT2D eigenvalue weighted by Gasteiger charge is -2.39. The normalized spacial score (nSPS) is 16.3. The highest BCUT2D eigenvalue weighted by molar-refractivity contribution is 7.92. The molecule has 9 heteroatoms. The summed E-state index contributed by atoms with van der Waals surface area (Å²) in [6, 6.07) is 16.3. The fourth-order valence-corrected chi connectivity index (χ4v) is 6.03. The first-order valence-corrected chi connectivity index (χ1v) is 12.3. The van der Waals surface area contributed by atoms with Crippen molar-refractivity contribution < 1.29 is 27.9 Å². The molecule has 0 aromatic heterocycles. The van der Waals surface area contributed by atoms with Gasteiger partial charge in [0, 0.05) is 19.6 Å². The molecule has 2 aromatic carbocycles. The van der Waals surface area contributed by atoms with E-state index in [-0.39, 0.29) is 18.6 Å². The number of benzene rings is 2. The van der Waals surface area contributed by atoms with Crippen molar-refractivity contribution >= 4 is 15.7 Å². The molecule has 1 heterocycles. The standard InChI is InChI=1S/C23H30N2O6S/c1-30-20-10-8-19(9-11-20)18-32(28,29)23(22(26)24-27)12-15-25(16-13-23)14-5-17-31-21-6-3-2-4-7-21/h2-4,6-11,27H,5,12-18H2,1H3,(H,24,26). The van der Waals surface area contributed by atoms with Gasteiger partial charge in [-0.3, -0.25) is 10.0 Å². The molecule has 174 valence electrons. The van der Waals surface area contributed by atoms with Gasteiger partial charge in [-0.15, -0.1) is 0 Å². The molecule has 1 aliphatic rings. The second-order valence-electron chi connectivity index (χ2n) is 7.90. The van der Waals surface area contributed by atoms with Gasteiger partial charge in [0.15, 0.2) is 14.6 Å². The molecular weight excluding hydrogens is 432 g/mol. The number of hydroxylamine groups is 1. The predicted molar refractivity (Wildman–Crippen MR) is 121 cm³/mol. The van der Waals surface area contributed by atoms with Crippen molar-refractivity contribution in [2.24, 2.45) is 0 Å². The van der Waals surface area contributed by atoms with E-state index in [1.54, 1.807) is 29.7 Å². The highest BCUT2D eigenvalue weighted by Gasteiger charge is 2.51. The van der Waals surface area contributed by atoms with E-state index >= 15 is 0 Å². The Kier molecular flexibility index (Phi) is 8.11. The van der Waals surface area contributed by atoms with Crippen LogP contribution in [0.5, 0.6) is 11.5 Å². The maximum Gasteiger partial charge on any atom is 0.264 e. The molecule has 0 aliphatic carbocycles. The van der Waals surface area contributed by atoms with Gasteiger partial charge in [0.25, 0.3) is 5.91 Å². The van der Waals surface area contributed by atoms with Gasteiger partial charge in [0.2, 0.25) is 0 Å². The molecule has 1 aliphatic heterocycles. The van der Waals surface area contributed by atoms with Crippen LogP contribution in [0.15, 0.2) is 54.6 Å². The zero-order valence-corrected chi connectivity index (χ0v) is 19.0. The van der Waals surface area contributed by atoms with Gasteiger partial charge in [0.05, 0.1) is 19.5 Å². The molecule has 8 nitrogen and oxygen atoms in total. The van der Waals surface area contributed by atoms with Crippen LogP contribution < -0.4 is 15.0 Å². The molecule has 0 atom stereocenters. The van der Waals surface area contributed by atoms with Crippen LogP contribution in [0.2, 0.25) is 0 Å². The summed E-state index contributed by atoms with van der Waals surface area (Å²) in [5.74, 6) is 0.293. The summed E-state index contributed by atoms with van der Waals surface area (Å²) < 4.78 is 35.8. The first kappa shape index (κ1) is 24.0. The van der Waals surface area contributed by atoms with E-state index in [9.17, 15) is 18.4 Å². The van der Waals surface area contributed by atoms with Crippen LogP contribution >= 0.6 is 0 Å². The summed E-state index contributed by atoms with van der Waals surface area (Å²) in [7, 11) is -2.34. The number of nitrogens with zero attached hydrogens (tertiary/aromatic N) is 1. The Morgan fingerprint density at radius 1 is 1.06 bits per heavy atom. The van der Waals surface area contributed by atoms with Crippen LogP contribution in [0.4, 0.5) is 0 Å². The van der Waals surface area contributed by atoms with Crippen molar-refractivity contribution in [2.45, 2.75) is 29.8 Å². The number of piperidine rings is 1.